The van der Waals surface area contributed by atoms with E-state index in [1.165, 1.54) is 0 Å². The summed E-state index contributed by atoms with van der Waals surface area (Å²) in [6.07, 6.45) is 1.69. The van der Waals surface area contributed by atoms with E-state index in [1.807, 2.05) is 12.1 Å². The molecular formula is C19H17BrN10O. The van der Waals surface area contributed by atoms with Crippen molar-refractivity contribution < 1.29 is 4.74 Å². The number of nitrogens with one attached hydrogen (secondary N) is 2. The number of morpholine rings is 1. The normalized spacial score (nSPS) is 14.0. The Balaban J connectivity index is 1.39. The van der Waals surface area contributed by atoms with Crippen molar-refractivity contribution in [2.24, 2.45) is 0 Å². The van der Waals surface area contributed by atoms with Gasteiger partial charge in [0.05, 0.1) is 42.1 Å². The van der Waals surface area contributed by atoms with Gasteiger partial charge in [0.15, 0.2) is 11.5 Å². The zero-order valence-electron chi connectivity index (χ0n) is 16.3. The lowest BCUT2D eigenvalue weighted by Crippen LogP contribution is -2.37. The van der Waals surface area contributed by atoms with Crippen molar-refractivity contribution >= 4 is 33.5 Å². The number of aromatic nitrogens is 7. The van der Waals surface area contributed by atoms with E-state index in [0.29, 0.717) is 54.5 Å². The molecule has 1 aliphatic rings. The molecule has 156 valence electrons. The summed E-state index contributed by atoms with van der Waals surface area (Å²) in [7, 11) is 0. The van der Waals surface area contributed by atoms with Crippen LogP contribution in [0.4, 0.5) is 11.9 Å². The second kappa shape index (κ2) is 8.29. The van der Waals surface area contributed by atoms with E-state index in [2.05, 4.69) is 62.5 Å². The first kappa shape index (κ1) is 19.4. The minimum absolute atomic E-state index is 0.358. The van der Waals surface area contributed by atoms with Crippen LogP contribution in [-0.4, -0.2) is 61.1 Å². The molecular weight excluding hydrogens is 464 g/mol. The number of rotatable bonds is 5. The Labute approximate surface area is 185 Å². The third kappa shape index (κ3) is 3.92. The van der Waals surface area contributed by atoms with Gasteiger partial charge in [-0.3, -0.25) is 0 Å². The van der Waals surface area contributed by atoms with Crippen LogP contribution in [-0.2, 0) is 11.3 Å². The van der Waals surface area contributed by atoms with Gasteiger partial charge < -0.3 is 19.9 Å². The first-order valence-electron chi connectivity index (χ1n) is 9.61. The molecule has 31 heavy (non-hydrogen) atoms. The highest BCUT2D eigenvalue weighted by atomic mass is 79.9. The Bertz CT molecular complexity index is 1270. The highest BCUT2D eigenvalue weighted by Gasteiger charge is 2.19. The molecule has 0 spiro atoms. The van der Waals surface area contributed by atoms with Gasteiger partial charge in [-0.05, 0) is 28.1 Å². The lowest BCUT2D eigenvalue weighted by Gasteiger charge is -2.27. The molecule has 12 heteroatoms. The molecule has 0 unspecified atom stereocenters. The summed E-state index contributed by atoms with van der Waals surface area (Å²) in [5.74, 6) is 2.38. The van der Waals surface area contributed by atoms with Gasteiger partial charge in [0.2, 0.25) is 11.9 Å². The standard InChI is InChI=1S/C19H17BrN10O/c20-14-10-23-30-17(14)25-19(29-4-6-31-7-5-29)26-18(30)22-11-15-24-16(28-27-15)13-3-1-2-12(8-13)9-21/h1-3,8,10H,4-7,11H2,(H,22,25,26)(H,24,27,28). The van der Waals surface area contributed by atoms with Crippen LogP contribution in [0.15, 0.2) is 34.9 Å². The molecule has 11 nitrogen and oxygen atoms in total. The topological polar surface area (TPSA) is 133 Å². The van der Waals surface area contributed by atoms with E-state index in [4.69, 9.17) is 10.00 Å². The Morgan fingerprint density at radius 2 is 2.10 bits per heavy atom. The van der Waals surface area contributed by atoms with E-state index in [9.17, 15) is 0 Å². The number of benzene rings is 1. The van der Waals surface area contributed by atoms with Crippen LogP contribution in [0.2, 0.25) is 0 Å². The number of nitrogens with zero attached hydrogens (tertiary/aromatic N) is 8. The second-order valence-electron chi connectivity index (χ2n) is 6.84. The molecule has 0 saturated carbocycles. The molecule has 1 aliphatic heterocycles. The molecule has 1 aromatic carbocycles. The average molecular weight is 481 g/mol. The molecule has 4 aromatic rings. The zero-order chi connectivity index (χ0) is 21.2. The van der Waals surface area contributed by atoms with Crippen molar-refractivity contribution in [2.45, 2.75) is 6.54 Å². The minimum Gasteiger partial charge on any atom is -0.378 e. The van der Waals surface area contributed by atoms with E-state index in [-0.39, 0.29) is 0 Å². The predicted octanol–water partition coefficient (Wildman–Crippen LogP) is 1.99. The largest absolute Gasteiger partial charge is 0.378 e. The number of aromatic amines is 1. The van der Waals surface area contributed by atoms with Crippen LogP contribution in [0.5, 0.6) is 0 Å². The Kier molecular flexibility index (Phi) is 5.19. The van der Waals surface area contributed by atoms with Gasteiger partial charge in [-0.15, -0.1) is 10.2 Å². The molecule has 3 aromatic heterocycles. The van der Waals surface area contributed by atoms with Crippen molar-refractivity contribution in [3.05, 3.63) is 46.3 Å². The van der Waals surface area contributed by atoms with Gasteiger partial charge in [0, 0.05) is 18.7 Å². The number of hydrogen-bond acceptors (Lipinski definition) is 9. The van der Waals surface area contributed by atoms with Gasteiger partial charge in [-0.25, -0.2) is 0 Å². The quantitative estimate of drug-likeness (QED) is 0.439. The number of H-pyrrole nitrogens is 1. The maximum Gasteiger partial charge on any atom is 0.230 e. The van der Waals surface area contributed by atoms with E-state index >= 15 is 0 Å². The smallest absolute Gasteiger partial charge is 0.230 e. The van der Waals surface area contributed by atoms with Gasteiger partial charge in [-0.2, -0.15) is 24.8 Å². The van der Waals surface area contributed by atoms with Crippen LogP contribution in [0.1, 0.15) is 11.4 Å². The first-order chi connectivity index (χ1) is 15.2. The molecule has 0 bridgehead atoms. The third-order valence-corrected chi connectivity index (χ3v) is 5.38. The van der Waals surface area contributed by atoms with Crippen LogP contribution in [0, 0.1) is 11.3 Å². The number of halogens is 1. The SMILES string of the molecule is N#Cc1cccc(-c2nnc(CNc3nc(N4CCOCC4)nc4c(Br)cnn34)[nH]2)c1. The summed E-state index contributed by atoms with van der Waals surface area (Å²) in [6.45, 7) is 3.11. The van der Waals surface area contributed by atoms with Crippen molar-refractivity contribution in [3.8, 4) is 17.5 Å². The number of hydrogen-bond donors (Lipinski definition) is 2. The van der Waals surface area contributed by atoms with Crippen molar-refractivity contribution in [2.75, 3.05) is 36.5 Å². The second-order valence-corrected chi connectivity index (χ2v) is 7.70. The molecule has 5 rings (SSSR count). The van der Waals surface area contributed by atoms with E-state index in [0.717, 1.165) is 23.1 Å². The summed E-state index contributed by atoms with van der Waals surface area (Å²) in [5.41, 5.74) is 2.04. The van der Waals surface area contributed by atoms with Gasteiger partial charge >= 0.3 is 0 Å². The molecule has 4 heterocycles. The average Bonchev–Trinajstić information content (AvgIpc) is 3.45. The summed E-state index contributed by atoms with van der Waals surface area (Å²) in [6, 6.07) is 9.33. The predicted molar refractivity (Wildman–Crippen MR) is 115 cm³/mol. The summed E-state index contributed by atoms with van der Waals surface area (Å²) >= 11 is 3.50. The van der Waals surface area contributed by atoms with E-state index < -0.39 is 0 Å². The molecule has 1 saturated heterocycles. The highest BCUT2D eigenvalue weighted by molar-refractivity contribution is 9.10. The third-order valence-electron chi connectivity index (χ3n) is 4.82. The van der Waals surface area contributed by atoms with Gasteiger partial charge in [-0.1, -0.05) is 12.1 Å². The van der Waals surface area contributed by atoms with Gasteiger partial charge in [0.25, 0.3) is 0 Å². The maximum atomic E-state index is 9.09. The lowest BCUT2D eigenvalue weighted by molar-refractivity contribution is 0.122. The highest BCUT2D eigenvalue weighted by Crippen LogP contribution is 2.22. The van der Waals surface area contributed by atoms with Crippen LogP contribution in [0.25, 0.3) is 17.0 Å². The van der Waals surface area contributed by atoms with Crippen LogP contribution < -0.4 is 10.2 Å². The Morgan fingerprint density at radius 1 is 1.23 bits per heavy atom. The van der Waals surface area contributed by atoms with Crippen LogP contribution in [0.3, 0.4) is 0 Å². The molecule has 0 amide bonds. The number of anilines is 2. The van der Waals surface area contributed by atoms with Crippen molar-refractivity contribution in [1.29, 1.82) is 5.26 Å². The molecule has 0 aliphatic carbocycles. The van der Waals surface area contributed by atoms with Crippen molar-refractivity contribution in [1.82, 2.24) is 34.8 Å². The fraction of sp³-hybridized carbons (Fsp3) is 0.263. The first-order valence-corrected chi connectivity index (χ1v) is 10.4. The van der Waals surface area contributed by atoms with Crippen LogP contribution >= 0.6 is 15.9 Å². The number of fused-ring (bicyclic) bond motifs is 1. The summed E-state index contributed by atoms with van der Waals surface area (Å²) < 4.78 is 7.85. The Morgan fingerprint density at radius 3 is 2.94 bits per heavy atom. The Hall–Kier alpha value is -3.56. The monoisotopic (exact) mass is 480 g/mol. The van der Waals surface area contributed by atoms with E-state index in [1.54, 1.807) is 22.8 Å². The molecule has 0 atom stereocenters. The summed E-state index contributed by atoms with van der Waals surface area (Å²) in [4.78, 5) is 14.6. The zero-order valence-corrected chi connectivity index (χ0v) is 17.9. The number of ether oxygens (including phenoxy) is 1. The minimum atomic E-state index is 0.358. The molecule has 0 radical (unpaired) electrons. The van der Waals surface area contributed by atoms with Crippen molar-refractivity contribution in [3.63, 3.8) is 0 Å². The lowest BCUT2D eigenvalue weighted by atomic mass is 10.1. The molecule has 1 fully saturated rings. The fourth-order valence-corrected chi connectivity index (χ4v) is 3.61. The number of nitriles is 1. The molecule has 2 N–H and O–H groups in total. The maximum absolute atomic E-state index is 9.09. The fourth-order valence-electron chi connectivity index (χ4n) is 3.26. The summed E-state index contributed by atoms with van der Waals surface area (Å²) in [5, 5.41) is 25.1. The van der Waals surface area contributed by atoms with Gasteiger partial charge in [0.1, 0.15) is 5.82 Å².